The van der Waals surface area contributed by atoms with Crippen LogP contribution in [0.25, 0.3) is 0 Å². The number of amides is 1. The average molecular weight is 277 g/mol. The second kappa shape index (κ2) is 6.16. The predicted molar refractivity (Wildman–Crippen MR) is 62.9 cm³/mol. The van der Waals surface area contributed by atoms with E-state index in [2.05, 4.69) is 10.3 Å². The van der Waals surface area contributed by atoms with Crippen molar-refractivity contribution < 1.29 is 9.72 Å². The van der Waals surface area contributed by atoms with Gasteiger partial charge >= 0.3 is 0 Å². The van der Waals surface area contributed by atoms with Crippen molar-refractivity contribution in [2.24, 2.45) is 0 Å². The van der Waals surface area contributed by atoms with Gasteiger partial charge in [0.05, 0.1) is 11.5 Å². The largest absolute Gasteiger partial charge is 0.369 e. The molecule has 0 atom stereocenters. The summed E-state index contributed by atoms with van der Waals surface area (Å²) < 4.78 is 0.357. The highest BCUT2D eigenvalue weighted by atomic mass is 35.5. The summed E-state index contributed by atoms with van der Waals surface area (Å²) in [7, 11) is 1.49. The number of rotatable bonds is 6. The van der Waals surface area contributed by atoms with E-state index in [4.69, 9.17) is 11.6 Å². The van der Waals surface area contributed by atoms with Crippen molar-refractivity contribution in [2.75, 3.05) is 7.05 Å². The Hall–Kier alpha value is -1.67. The maximum absolute atomic E-state index is 10.9. The zero-order valence-electron chi connectivity index (χ0n) is 8.79. The monoisotopic (exact) mass is 276 g/mol. The number of thiazole rings is 1. The minimum Gasteiger partial charge on any atom is -0.369 e. The van der Waals surface area contributed by atoms with Crippen LogP contribution in [0.3, 0.4) is 0 Å². The highest BCUT2D eigenvalue weighted by Gasteiger charge is 2.13. The van der Waals surface area contributed by atoms with Crippen LogP contribution in [0.4, 0.5) is 0 Å². The first-order valence-electron chi connectivity index (χ1n) is 4.42. The van der Waals surface area contributed by atoms with Gasteiger partial charge in [-0.15, -0.1) is 11.3 Å². The fraction of sp³-hybridized carbons (Fsp3) is 0.250. The summed E-state index contributed by atoms with van der Waals surface area (Å²) in [6.45, 7) is 0.175. The van der Waals surface area contributed by atoms with Crippen LogP contribution in [0.2, 0.25) is 4.47 Å². The van der Waals surface area contributed by atoms with E-state index in [9.17, 15) is 14.9 Å². The minimum atomic E-state index is -0.637. The number of nitro groups is 1. The van der Waals surface area contributed by atoms with Crippen molar-refractivity contribution in [3.63, 3.8) is 0 Å². The first-order valence-corrected chi connectivity index (χ1v) is 5.61. The summed E-state index contributed by atoms with van der Waals surface area (Å²) in [5, 5.41) is 12.9. The third kappa shape index (κ3) is 4.00. The molecule has 1 aromatic heterocycles. The number of carbonyl (C=O) groups is 1. The van der Waals surface area contributed by atoms with Gasteiger partial charge in [0.2, 0.25) is 6.41 Å². The van der Waals surface area contributed by atoms with Gasteiger partial charge in [-0.1, -0.05) is 11.6 Å². The molecular formula is C8H9ClN4O3S. The molecule has 1 aromatic rings. The molecule has 92 valence electrons. The molecule has 1 rings (SSSR count). The van der Waals surface area contributed by atoms with Crippen molar-refractivity contribution >= 4 is 29.3 Å². The number of nitrogens with zero attached hydrogens (tertiary/aromatic N) is 3. The van der Waals surface area contributed by atoms with Gasteiger partial charge in [-0.05, 0) is 0 Å². The molecule has 0 saturated heterocycles. The molecular weight excluding hydrogens is 268 g/mol. The van der Waals surface area contributed by atoms with Crippen LogP contribution in [-0.4, -0.2) is 28.3 Å². The van der Waals surface area contributed by atoms with Crippen LogP contribution >= 0.6 is 22.9 Å². The molecule has 0 bridgehead atoms. The molecule has 1 N–H and O–H groups in total. The number of aromatic nitrogens is 1. The molecule has 0 aliphatic rings. The Morgan fingerprint density at radius 3 is 2.94 bits per heavy atom. The van der Waals surface area contributed by atoms with Gasteiger partial charge < -0.3 is 5.32 Å². The lowest BCUT2D eigenvalue weighted by molar-refractivity contribution is -0.404. The highest BCUT2D eigenvalue weighted by molar-refractivity contribution is 7.15. The molecule has 7 nitrogen and oxygen atoms in total. The summed E-state index contributed by atoms with van der Waals surface area (Å²) in [4.78, 5) is 26.3. The fourth-order valence-electron chi connectivity index (χ4n) is 1.09. The Balaban J connectivity index is 2.83. The Kier molecular flexibility index (Phi) is 4.85. The lowest BCUT2D eigenvalue weighted by Crippen LogP contribution is -2.28. The zero-order valence-corrected chi connectivity index (χ0v) is 10.4. The van der Waals surface area contributed by atoms with Crippen LogP contribution in [-0.2, 0) is 11.3 Å². The van der Waals surface area contributed by atoms with E-state index in [0.717, 1.165) is 16.0 Å². The zero-order chi connectivity index (χ0) is 12.8. The molecule has 17 heavy (non-hydrogen) atoms. The average Bonchev–Trinajstić information content (AvgIpc) is 2.68. The fourth-order valence-corrected chi connectivity index (χ4v) is 2.06. The molecule has 0 aliphatic carbocycles. The van der Waals surface area contributed by atoms with Gasteiger partial charge in [0.25, 0.3) is 6.20 Å². The summed E-state index contributed by atoms with van der Waals surface area (Å²) in [5.74, 6) is 0.0922. The third-order valence-corrected chi connectivity index (χ3v) is 2.87. The van der Waals surface area contributed by atoms with E-state index in [1.807, 2.05) is 0 Å². The van der Waals surface area contributed by atoms with Crippen molar-refractivity contribution in [1.82, 2.24) is 15.2 Å². The van der Waals surface area contributed by atoms with E-state index in [-0.39, 0.29) is 12.4 Å². The van der Waals surface area contributed by atoms with Gasteiger partial charge in [-0.3, -0.25) is 19.8 Å². The van der Waals surface area contributed by atoms with Gasteiger partial charge in [0.15, 0.2) is 10.3 Å². The van der Waals surface area contributed by atoms with E-state index in [1.54, 1.807) is 0 Å². The van der Waals surface area contributed by atoms with Crippen molar-refractivity contribution in [2.45, 2.75) is 6.54 Å². The normalized spacial score (nSPS) is 11.1. The molecule has 0 aliphatic heterocycles. The maximum atomic E-state index is 10.9. The number of halogens is 1. The third-order valence-electron chi connectivity index (χ3n) is 1.77. The molecule has 0 aromatic carbocycles. The van der Waals surface area contributed by atoms with Crippen LogP contribution in [0.5, 0.6) is 0 Å². The van der Waals surface area contributed by atoms with E-state index >= 15 is 0 Å². The van der Waals surface area contributed by atoms with Crippen LogP contribution in [0.1, 0.15) is 4.88 Å². The SMILES string of the molecule is CNC(=C[N+](=O)[O-])N(C=O)Cc1cnc(Cl)s1. The lowest BCUT2D eigenvalue weighted by atomic mass is 10.4. The van der Waals surface area contributed by atoms with Crippen LogP contribution < -0.4 is 5.32 Å². The smallest absolute Gasteiger partial charge is 0.274 e. The second-order valence-corrected chi connectivity index (χ2v) is 4.56. The molecule has 0 unspecified atom stereocenters. The topological polar surface area (TPSA) is 88.4 Å². The van der Waals surface area contributed by atoms with E-state index in [0.29, 0.717) is 10.9 Å². The second-order valence-electron chi connectivity index (χ2n) is 2.86. The Morgan fingerprint density at radius 1 is 1.82 bits per heavy atom. The minimum absolute atomic E-state index is 0.0922. The molecule has 0 radical (unpaired) electrons. The van der Waals surface area contributed by atoms with E-state index in [1.165, 1.54) is 24.6 Å². The van der Waals surface area contributed by atoms with Crippen LogP contribution in [0, 0.1) is 10.1 Å². The van der Waals surface area contributed by atoms with Gasteiger partial charge in [0.1, 0.15) is 0 Å². The molecule has 1 heterocycles. The molecule has 0 fully saturated rings. The summed E-state index contributed by atoms with van der Waals surface area (Å²) in [6.07, 6.45) is 2.74. The molecule has 1 amide bonds. The van der Waals surface area contributed by atoms with Gasteiger partial charge in [-0.2, -0.15) is 0 Å². The van der Waals surface area contributed by atoms with Crippen molar-refractivity contribution in [1.29, 1.82) is 0 Å². The summed E-state index contributed by atoms with van der Waals surface area (Å²) in [5.41, 5.74) is 0. The van der Waals surface area contributed by atoms with Crippen molar-refractivity contribution in [3.8, 4) is 0 Å². The quantitative estimate of drug-likeness (QED) is 0.477. The maximum Gasteiger partial charge on any atom is 0.274 e. The molecule has 0 saturated carbocycles. The Bertz CT molecular complexity index is 448. The Morgan fingerprint density at radius 2 is 2.53 bits per heavy atom. The van der Waals surface area contributed by atoms with Crippen LogP contribution in [0.15, 0.2) is 18.2 Å². The molecule has 9 heteroatoms. The molecule has 0 spiro atoms. The lowest BCUT2D eigenvalue weighted by Gasteiger charge is -2.16. The van der Waals surface area contributed by atoms with Crippen molar-refractivity contribution in [3.05, 3.63) is 37.7 Å². The number of nitrogens with one attached hydrogen (secondary N) is 1. The van der Waals surface area contributed by atoms with Gasteiger partial charge in [-0.25, -0.2) is 4.98 Å². The number of hydrogen-bond donors (Lipinski definition) is 1. The predicted octanol–water partition coefficient (Wildman–Crippen LogP) is 1.05. The number of hydrogen-bond acceptors (Lipinski definition) is 6. The number of carbonyl (C=O) groups excluding carboxylic acids is 1. The summed E-state index contributed by atoms with van der Waals surface area (Å²) >= 11 is 6.85. The highest BCUT2D eigenvalue weighted by Crippen LogP contribution is 2.19. The standard InChI is InChI=1S/C8H9ClN4O3S/c1-10-7(4-13(15)16)12(5-14)3-6-2-11-8(9)17-6/h2,4-5,10H,3H2,1H3. The Labute approximate surface area is 106 Å². The van der Waals surface area contributed by atoms with E-state index < -0.39 is 4.92 Å². The van der Waals surface area contributed by atoms with Gasteiger partial charge in [0, 0.05) is 18.1 Å². The summed E-state index contributed by atoms with van der Waals surface area (Å²) in [6, 6.07) is 0. The first-order chi connectivity index (χ1) is 8.06. The first kappa shape index (κ1) is 13.4.